The fraction of sp³-hybridized carbons (Fsp3) is 0.333. The summed E-state index contributed by atoms with van der Waals surface area (Å²) in [6.07, 6.45) is 2.62. The molecule has 0 fully saturated rings. The zero-order valence-corrected chi connectivity index (χ0v) is 17.8. The fourth-order valence-electron chi connectivity index (χ4n) is 4.06. The molecule has 0 aliphatic carbocycles. The summed E-state index contributed by atoms with van der Waals surface area (Å²) < 4.78 is 18.0. The molecule has 0 saturated heterocycles. The molecule has 4 rings (SSSR count). The normalized spacial score (nSPS) is 16.1. The number of nitrogens with two attached hydrogens (primary N) is 1. The van der Waals surface area contributed by atoms with E-state index in [9.17, 15) is 14.7 Å². The van der Waals surface area contributed by atoms with Crippen LogP contribution in [0.1, 0.15) is 24.4 Å². The minimum absolute atomic E-state index is 0.00455. The monoisotopic (exact) mass is 438 g/mol. The molecular formula is C24H26N2O6. The second-order valence-electron chi connectivity index (χ2n) is 7.91. The van der Waals surface area contributed by atoms with Gasteiger partial charge in [-0.05, 0) is 36.6 Å². The van der Waals surface area contributed by atoms with E-state index in [1.165, 1.54) is 11.7 Å². The van der Waals surface area contributed by atoms with Gasteiger partial charge in [0.25, 0.3) is 0 Å². The van der Waals surface area contributed by atoms with Crippen LogP contribution in [0.25, 0.3) is 10.8 Å². The van der Waals surface area contributed by atoms with Crippen molar-refractivity contribution < 1.29 is 28.9 Å². The summed E-state index contributed by atoms with van der Waals surface area (Å²) in [5, 5.41) is 11.9. The Balaban J connectivity index is 1.53. The highest BCUT2D eigenvalue weighted by Crippen LogP contribution is 2.37. The van der Waals surface area contributed by atoms with E-state index >= 15 is 0 Å². The van der Waals surface area contributed by atoms with E-state index in [1.54, 1.807) is 18.3 Å². The van der Waals surface area contributed by atoms with Crippen LogP contribution < -0.4 is 15.2 Å². The molecule has 0 spiro atoms. The molecule has 3 N–H and O–H groups in total. The van der Waals surface area contributed by atoms with E-state index in [4.69, 9.17) is 15.2 Å². The highest BCUT2D eigenvalue weighted by Gasteiger charge is 2.25. The van der Waals surface area contributed by atoms with Gasteiger partial charge in [0, 0.05) is 29.3 Å². The first-order valence-electron chi connectivity index (χ1n) is 10.5. The van der Waals surface area contributed by atoms with Crippen molar-refractivity contribution in [2.75, 3.05) is 20.3 Å². The number of hydrogen-bond donors (Lipinski definition) is 2. The molecular weight excluding hydrogens is 412 g/mol. The van der Waals surface area contributed by atoms with E-state index in [0.29, 0.717) is 29.7 Å². The highest BCUT2D eigenvalue weighted by molar-refractivity contribution is 5.94. The van der Waals surface area contributed by atoms with Crippen LogP contribution in [0, 0.1) is 5.92 Å². The molecule has 0 radical (unpaired) electrons. The maximum Gasteiger partial charge on any atom is 0.305 e. The highest BCUT2D eigenvalue weighted by atomic mass is 16.5. The minimum Gasteiger partial charge on any atom is -0.494 e. The largest absolute Gasteiger partial charge is 0.494 e. The third kappa shape index (κ3) is 4.34. The number of ether oxygens (including phenoxy) is 3. The van der Waals surface area contributed by atoms with Gasteiger partial charge in [-0.25, -0.2) is 0 Å². The number of methoxy groups -OCH3 is 1. The summed E-state index contributed by atoms with van der Waals surface area (Å²) >= 11 is 0. The maximum absolute atomic E-state index is 12.0. The van der Waals surface area contributed by atoms with E-state index < -0.39 is 17.9 Å². The lowest BCUT2D eigenvalue weighted by Gasteiger charge is -2.25. The van der Waals surface area contributed by atoms with E-state index in [-0.39, 0.29) is 24.6 Å². The maximum atomic E-state index is 12.0. The zero-order chi connectivity index (χ0) is 22.7. The fourth-order valence-corrected chi connectivity index (χ4v) is 4.06. The number of aromatic hydroxyl groups is 1. The standard InChI is InChI=1S/C24H26N2O6/c1-30-22(27)10-9-19(23(25)28)26-12-18-17(24(26)29)6-4-8-21(18)32-14-15-11-16-5-2-3-7-20(16)31-13-15/h2-8,12,15,19,29H,9-11,13-14H2,1H3,(H2,25,28). The smallest absolute Gasteiger partial charge is 0.305 e. The Morgan fingerprint density at radius 3 is 2.81 bits per heavy atom. The van der Waals surface area contributed by atoms with Crippen molar-refractivity contribution in [3.8, 4) is 17.4 Å². The van der Waals surface area contributed by atoms with Crippen molar-refractivity contribution in [3.05, 3.63) is 54.2 Å². The van der Waals surface area contributed by atoms with Gasteiger partial charge < -0.3 is 29.6 Å². The van der Waals surface area contributed by atoms with Crippen LogP contribution >= 0.6 is 0 Å². The molecule has 2 unspecified atom stereocenters. The van der Waals surface area contributed by atoms with E-state index in [0.717, 1.165) is 17.7 Å². The van der Waals surface area contributed by atoms with Gasteiger partial charge in [0.05, 0.1) is 20.3 Å². The molecule has 3 aromatic rings. The Bertz CT molecular complexity index is 1140. The van der Waals surface area contributed by atoms with Crippen molar-refractivity contribution in [1.29, 1.82) is 0 Å². The molecule has 1 aromatic heterocycles. The number of fused-ring (bicyclic) bond motifs is 2. The van der Waals surface area contributed by atoms with Crippen molar-refractivity contribution in [3.63, 3.8) is 0 Å². The molecule has 8 heteroatoms. The van der Waals surface area contributed by atoms with Crippen molar-refractivity contribution in [1.82, 2.24) is 4.57 Å². The topological polar surface area (TPSA) is 113 Å². The summed E-state index contributed by atoms with van der Waals surface area (Å²) in [5.74, 6) is 0.491. The Kier molecular flexibility index (Phi) is 6.20. The van der Waals surface area contributed by atoms with E-state index in [2.05, 4.69) is 10.8 Å². The zero-order valence-electron chi connectivity index (χ0n) is 17.8. The van der Waals surface area contributed by atoms with Crippen LogP contribution in [-0.4, -0.2) is 41.9 Å². The Morgan fingerprint density at radius 2 is 2.03 bits per heavy atom. The molecule has 1 amide bonds. The summed E-state index contributed by atoms with van der Waals surface area (Å²) in [4.78, 5) is 23.6. The summed E-state index contributed by atoms with van der Waals surface area (Å²) in [5.41, 5.74) is 6.71. The minimum atomic E-state index is -0.891. The van der Waals surface area contributed by atoms with Crippen LogP contribution in [-0.2, 0) is 20.7 Å². The first kappa shape index (κ1) is 21.5. The quantitative estimate of drug-likeness (QED) is 0.523. The lowest BCUT2D eigenvalue weighted by molar-refractivity contribution is -0.141. The molecule has 8 nitrogen and oxygen atoms in total. The third-order valence-electron chi connectivity index (χ3n) is 5.76. The molecule has 0 bridgehead atoms. The average Bonchev–Trinajstić information content (AvgIpc) is 3.14. The number of nitrogens with zero attached hydrogens (tertiary/aromatic N) is 1. The van der Waals surface area contributed by atoms with Crippen LogP contribution in [0.5, 0.6) is 17.4 Å². The van der Waals surface area contributed by atoms with Crippen LogP contribution in [0.3, 0.4) is 0 Å². The van der Waals surface area contributed by atoms with Gasteiger partial charge >= 0.3 is 5.97 Å². The number of benzene rings is 2. The van der Waals surface area contributed by atoms with Gasteiger partial charge in [0.2, 0.25) is 5.91 Å². The first-order valence-corrected chi connectivity index (χ1v) is 10.5. The lowest BCUT2D eigenvalue weighted by Crippen LogP contribution is -2.26. The van der Waals surface area contributed by atoms with Gasteiger partial charge in [-0.15, -0.1) is 0 Å². The number of esters is 1. The number of hydrogen-bond acceptors (Lipinski definition) is 6. The molecule has 2 atom stereocenters. The van der Waals surface area contributed by atoms with Gasteiger partial charge in [-0.1, -0.05) is 24.3 Å². The van der Waals surface area contributed by atoms with Gasteiger partial charge in [-0.3, -0.25) is 9.59 Å². The molecule has 32 heavy (non-hydrogen) atoms. The predicted octanol–water partition coefficient (Wildman–Crippen LogP) is 2.96. The molecule has 1 aliphatic heterocycles. The Labute approximate surface area is 185 Å². The number of amides is 1. The van der Waals surface area contributed by atoms with Crippen molar-refractivity contribution >= 4 is 22.6 Å². The van der Waals surface area contributed by atoms with Gasteiger partial charge in [0.15, 0.2) is 5.88 Å². The molecule has 168 valence electrons. The lowest BCUT2D eigenvalue weighted by atomic mass is 9.97. The molecule has 2 aromatic carbocycles. The Hall–Kier alpha value is -3.68. The van der Waals surface area contributed by atoms with E-state index in [1.807, 2.05) is 24.3 Å². The number of primary amides is 1. The number of para-hydroxylation sites is 1. The molecule has 2 heterocycles. The number of rotatable bonds is 8. The number of carbonyl (C=O) groups is 2. The van der Waals surface area contributed by atoms with Crippen molar-refractivity contribution in [2.45, 2.75) is 25.3 Å². The summed E-state index contributed by atoms with van der Waals surface area (Å²) in [7, 11) is 1.28. The first-order chi connectivity index (χ1) is 15.5. The molecule has 1 aliphatic rings. The number of carbonyl (C=O) groups excluding carboxylic acids is 2. The van der Waals surface area contributed by atoms with Gasteiger partial charge in [0.1, 0.15) is 17.5 Å². The van der Waals surface area contributed by atoms with Crippen molar-refractivity contribution in [2.24, 2.45) is 11.7 Å². The van der Waals surface area contributed by atoms with Crippen LogP contribution in [0.2, 0.25) is 0 Å². The SMILES string of the molecule is COC(=O)CCC(C(N)=O)n1cc2c(OCC3COc4ccccc4C3)cccc2c1O. The predicted molar refractivity (Wildman–Crippen MR) is 118 cm³/mol. The summed E-state index contributed by atoms with van der Waals surface area (Å²) in [6.45, 7) is 1.01. The second-order valence-corrected chi connectivity index (χ2v) is 7.91. The summed E-state index contributed by atoms with van der Waals surface area (Å²) in [6, 6.07) is 12.4. The van der Waals surface area contributed by atoms with Crippen LogP contribution in [0.15, 0.2) is 48.7 Å². The Morgan fingerprint density at radius 1 is 1.22 bits per heavy atom. The average molecular weight is 438 g/mol. The molecule has 0 saturated carbocycles. The number of aromatic nitrogens is 1. The second kappa shape index (κ2) is 9.21. The van der Waals surface area contributed by atoms with Gasteiger partial charge in [-0.2, -0.15) is 0 Å². The third-order valence-corrected chi connectivity index (χ3v) is 5.76. The van der Waals surface area contributed by atoms with Crippen LogP contribution in [0.4, 0.5) is 0 Å².